The largest absolute Gasteiger partial charge is 0.507 e. The van der Waals surface area contributed by atoms with E-state index in [1.54, 1.807) is 24.3 Å². The van der Waals surface area contributed by atoms with Gasteiger partial charge in [0.15, 0.2) is 0 Å². The van der Waals surface area contributed by atoms with Crippen molar-refractivity contribution in [3.63, 3.8) is 0 Å². The molecule has 2 aromatic heterocycles. The molecule has 0 radical (unpaired) electrons. The molecule has 2 heterocycles. The Morgan fingerprint density at radius 2 is 2.00 bits per heavy atom. The summed E-state index contributed by atoms with van der Waals surface area (Å²) in [4.78, 5) is 14.3. The predicted molar refractivity (Wildman–Crippen MR) is 77.7 cm³/mol. The van der Waals surface area contributed by atoms with Crippen LogP contribution in [-0.2, 0) is 0 Å². The second-order valence-corrected chi connectivity index (χ2v) is 4.35. The molecule has 0 aliphatic heterocycles. The summed E-state index contributed by atoms with van der Waals surface area (Å²) in [6.45, 7) is 0. The number of nitrogens with zero attached hydrogens (tertiary/aromatic N) is 2. The van der Waals surface area contributed by atoms with E-state index in [0.29, 0.717) is 22.4 Å². The number of para-hydroxylation sites is 1. The molecule has 0 bridgehead atoms. The number of benzene rings is 1. The van der Waals surface area contributed by atoms with Gasteiger partial charge in [-0.05, 0) is 30.4 Å². The Morgan fingerprint density at radius 3 is 2.76 bits per heavy atom. The minimum atomic E-state index is -0.600. The van der Waals surface area contributed by atoms with Crippen molar-refractivity contribution >= 4 is 28.9 Å². The van der Waals surface area contributed by atoms with Crippen LogP contribution in [0, 0.1) is 10.1 Å². The Balaban J connectivity index is 1.93. The first-order chi connectivity index (χ1) is 10.1. The fraction of sp³-hybridized carbons (Fsp3) is 0. The zero-order chi connectivity index (χ0) is 14.8. The van der Waals surface area contributed by atoms with E-state index in [-0.39, 0.29) is 11.6 Å². The molecule has 0 saturated carbocycles. The second-order valence-electron chi connectivity index (χ2n) is 4.35. The van der Waals surface area contributed by atoms with E-state index >= 15 is 0 Å². The Hall–Kier alpha value is -3.15. The summed E-state index contributed by atoms with van der Waals surface area (Å²) in [6.07, 6.45) is 3.18. The Kier molecular flexibility index (Phi) is 3.12. The van der Waals surface area contributed by atoms with Gasteiger partial charge in [-0.3, -0.25) is 10.1 Å². The van der Waals surface area contributed by atoms with Crippen molar-refractivity contribution in [1.82, 2.24) is 4.98 Å². The molecule has 3 aromatic rings. The lowest BCUT2D eigenvalue weighted by Crippen LogP contribution is -1.84. The second kappa shape index (κ2) is 5.09. The predicted octanol–water partition coefficient (Wildman–Crippen LogP) is 3.61. The molecule has 0 spiro atoms. The van der Waals surface area contributed by atoms with Gasteiger partial charge in [0, 0.05) is 11.5 Å². The fourth-order valence-electron chi connectivity index (χ4n) is 1.96. The third-order valence-electron chi connectivity index (χ3n) is 2.93. The molecule has 0 aliphatic carbocycles. The van der Waals surface area contributed by atoms with E-state index in [4.69, 9.17) is 4.42 Å². The Morgan fingerprint density at radius 1 is 1.19 bits per heavy atom. The number of hydrogen-bond acceptors (Lipinski definition) is 5. The highest BCUT2D eigenvalue weighted by Gasteiger charge is 2.10. The van der Waals surface area contributed by atoms with E-state index in [1.165, 1.54) is 18.2 Å². The lowest BCUT2D eigenvalue weighted by molar-refractivity contribution is -0.402. The van der Waals surface area contributed by atoms with Gasteiger partial charge in [0.25, 0.3) is 0 Å². The third-order valence-corrected chi connectivity index (χ3v) is 2.93. The minimum absolute atomic E-state index is 0.130. The summed E-state index contributed by atoms with van der Waals surface area (Å²) < 4.78 is 5.01. The number of rotatable bonds is 3. The van der Waals surface area contributed by atoms with Crippen LogP contribution in [0.25, 0.3) is 23.1 Å². The lowest BCUT2D eigenvalue weighted by atomic mass is 10.2. The van der Waals surface area contributed by atoms with Gasteiger partial charge in [-0.2, -0.15) is 0 Å². The molecule has 6 nitrogen and oxygen atoms in total. The molecule has 0 fully saturated rings. The first-order valence-corrected chi connectivity index (χ1v) is 6.14. The topological polar surface area (TPSA) is 89.4 Å². The van der Waals surface area contributed by atoms with Gasteiger partial charge in [-0.15, -0.1) is 0 Å². The van der Waals surface area contributed by atoms with Crippen LogP contribution in [0.2, 0.25) is 0 Å². The molecule has 1 aromatic carbocycles. The number of furan rings is 1. The molecule has 0 atom stereocenters. The van der Waals surface area contributed by atoms with Gasteiger partial charge in [-0.1, -0.05) is 12.1 Å². The summed E-state index contributed by atoms with van der Waals surface area (Å²) in [5, 5.41) is 21.1. The summed E-state index contributed by atoms with van der Waals surface area (Å²) in [6, 6.07) is 11.5. The van der Waals surface area contributed by atoms with Crippen LogP contribution in [0.15, 0.2) is 46.9 Å². The van der Waals surface area contributed by atoms with Crippen molar-refractivity contribution in [2.24, 2.45) is 0 Å². The normalized spacial score (nSPS) is 11.2. The van der Waals surface area contributed by atoms with Gasteiger partial charge in [0.1, 0.15) is 16.4 Å². The van der Waals surface area contributed by atoms with E-state index in [9.17, 15) is 15.2 Å². The molecule has 104 valence electrons. The van der Waals surface area contributed by atoms with Gasteiger partial charge in [0.2, 0.25) is 0 Å². The quantitative estimate of drug-likeness (QED) is 0.585. The molecule has 3 rings (SSSR count). The molecular weight excluding hydrogens is 272 g/mol. The Bertz CT molecular complexity index is 852. The molecule has 6 heteroatoms. The molecule has 1 N–H and O–H groups in total. The summed E-state index contributed by atoms with van der Waals surface area (Å²) in [5.41, 5.74) is 1.20. The highest BCUT2D eigenvalue weighted by molar-refractivity contribution is 5.86. The zero-order valence-electron chi connectivity index (χ0n) is 10.8. The summed E-state index contributed by atoms with van der Waals surface area (Å²) >= 11 is 0. The van der Waals surface area contributed by atoms with Crippen molar-refractivity contribution < 1.29 is 14.4 Å². The number of aromatic nitrogens is 1. The lowest BCUT2D eigenvalue weighted by Gasteiger charge is -2.01. The number of pyridine rings is 1. The number of nitro groups is 1. The monoisotopic (exact) mass is 282 g/mol. The average molecular weight is 282 g/mol. The van der Waals surface area contributed by atoms with Crippen LogP contribution in [0.1, 0.15) is 11.5 Å². The number of aromatic hydroxyl groups is 1. The van der Waals surface area contributed by atoms with E-state index < -0.39 is 4.92 Å². The maximum Gasteiger partial charge on any atom is 0.433 e. The number of hydrogen-bond donors (Lipinski definition) is 1. The van der Waals surface area contributed by atoms with Crippen molar-refractivity contribution in [2.75, 3.05) is 0 Å². The SMILES string of the molecule is O=[N+]([O-])c1ccc(C=Cc2cc(O)c3ccccc3n2)o1. The smallest absolute Gasteiger partial charge is 0.433 e. The van der Waals surface area contributed by atoms with Crippen molar-refractivity contribution in [2.45, 2.75) is 0 Å². The van der Waals surface area contributed by atoms with Crippen LogP contribution < -0.4 is 0 Å². The van der Waals surface area contributed by atoms with Crippen molar-refractivity contribution in [1.29, 1.82) is 0 Å². The zero-order valence-corrected chi connectivity index (χ0v) is 10.8. The van der Waals surface area contributed by atoms with Gasteiger partial charge >= 0.3 is 5.88 Å². The van der Waals surface area contributed by atoms with Crippen LogP contribution in [0.3, 0.4) is 0 Å². The molecular formula is C15H10N2O4. The molecule has 0 saturated heterocycles. The summed E-state index contributed by atoms with van der Waals surface area (Å²) in [7, 11) is 0. The molecule has 21 heavy (non-hydrogen) atoms. The minimum Gasteiger partial charge on any atom is -0.507 e. The average Bonchev–Trinajstić information content (AvgIpc) is 2.94. The van der Waals surface area contributed by atoms with Gasteiger partial charge in [-0.25, -0.2) is 4.98 Å². The van der Waals surface area contributed by atoms with Crippen LogP contribution in [-0.4, -0.2) is 15.0 Å². The number of fused-ring (bicyclic) bond motifs is 1. The van der Waals surface area contributed by atoms with Crippen LogP contribution >= 0.6 is 0 Å². The Labute approximate surface area is 119 Å². The highest BCUT2D eigenvalue weighted by Crippen LogP contribution is 2.25. The van der Waals surface area contributed by atoms with E-state index in [1.807, 2.05) is 12.1 Å². The first kappa shape index (κ1) is 12.9. The van der Waals surface area contributed by atoms with Gasteiger partial charge in [0.05, 0.1) is 17.3 Å². The molecule has 0 unspecified atom stereocenters. The van der Waals surface area contributed by atoms with Crippen molar-refractivity contribution in [3.8, 4) is 5.75 Å². The van der Waals surface area contributed by atoms with E-state index in [0.717, 1.165) is 0 Å². The molecule has 0 aliphatic rings. The van der Waals surface area contributed by atoms with Crippen LogP contribution in [0.5, 0.6) is 5.75 Å². The standard InChI is InChI=1S/C15H10N2O4/c18-14-9-10(16-13-4-2-1-3-12(13)14)5-6-11-7-8-15(21-11)17(19)20/h1-9H,(H,16,18). The summed E-state index contributed by atoms with van der Waals surface area (Å²) in [5.74, 6) is 0.158. The fourth-order valence-corrected chi connectivity index (χ4v) is 1.96. The highest BCUT2D eigenvalue weighted by atomic mass is 16.6. The molecule has 0 amide bonds. The third kappa shape index (κ3) is 2.59. The maximum absolute atomic E-state index is 10.5. The first-order valence-electron chi connectivity index (χ1n) is 6.14. The van der Waals surface area contributed by atoms with Crippen molar-refractivity contribution in [3.05, 3.63) is 64.0 Å². The maximum atomic E-state index is 10.5. The van der Waals surface area contributed by atoms with E-state index in [2.05, 4.69) is 4.98 Å². The van der Waals surface area contributed by atoms with Gasteiger partial charge < -0.3 is 9.52 Å². The van der Waals surface area contributed by atoms with Crippen LogP contribution in [0.4, 0.5) is 5.88 Å².